The minimum atomic E-state index is -4.01. The van der Waals surface area contributed by atoms with Crippen LogP contribution in [0.2, 0.25) is 0 Å². The van der Waals surface area contributed by atoms with E-state index >= 15 is 0 Å². The Morgan fingerprint density at radius 3 is 2.29 bits per heavy atom. The van der Waals surface area contributed by atoms with Gasteiger partial charge >= 0.3 is 7.82 Å². The van der Waals surface area contributed by atoms with Gasteiger partial charge in [-0.15, -0.1) is 0 Å². The summed E-state index contributed by atoms with van der Waals surface area (Å²) in [5, 5.41) is 0. The summed E-state index contributed by atoms with van der Waals surface area (Å²) in [6.07, 6.45) is 9.95. The average molecular weight is 318 g/mol. The Kier molecular flexibility index (Phi) is 5.57. The molecule has 0 aliphatic heterocycles. The van der Waals surface area contributed by atoms with E-state index in [1.807, 2.05) is 13.8 Å². The molecule has 0 aromatic heterocycles. The van der Waals surface area contributed by atoms with Crippen LogP contribution in [0.1, 0.15) is 85.0 Å². The molecule has 0 saturated heterocycles. The van der Waals surface area contributed by atoms with Crippen LogP contribution in [0.25, 0.3) is 0 Å². The molecule has 0 radical (unpaired) electrons. The molecule has 0 bridgehead atoms. The molecule has 0 aromatic carbocycles. The summed E-state index contributed by atoms with van der Waals surface area (Å²) in [5.41, 5.74) is -0.997. The maximum Gasteiger partial charge on any atom is 0.473 e. The van der Waals surface area contributed by atoms with Gasteiger partial charge in [-0.1, -0.05) is 46.0 Å². The van der Waals surface area contributed by atoms with Crippen molar-refractivity contribution < 1.29 is 18.5 Å². The van der Waals surface area contributed by atoms with Gasteiger partial charge in [0.1, 0.15) is 0 Å². The molecule has 2 saturated carbocycles. The van der Waals surface area contributed by atoms with Crippen LogP contribution in [0.15, 0.2) is 0 Å². The second kappa shape index (κ2) is 6.70. The van der Waals surface area contributed by atoms with Gasteiger partial charge in [0.2, 0.25) is 0 Å². The van der Waals surface area contributed by atoms with Crippen LogP contribution >= 0.6 is 7.82 Å². The first-order valence-electron chi connectivity index (χ1n) is 8.55. The fourth-order valence-electron chi connectivity index (χ4n) is 3.85. The van der Waals surface area contributed by atoms with E-state index in [4.69, 9.17) is 9.05 Å². The second-order valence-electron chi connectivity index (χ2n) is 7.21. The van der Waals surface area contributed by atoms with Gasteiger partial charge in [0.15, 0.2) is 0 Å². The lowest BCUT2D eigenvalue weighted by molar-refractivity contribution is -0.0646. The smallest absolute Gasteiger partial charge is 0.302 e. The quantitative estimate of drug-likeness (QED) is 0.708. The van der Waals surface area contributed by atoms with Crippen LogP contribution in [-0.4, -0.2) is 16.1 Å². The Morgan fingerprint density at radius 1 is 1.10 bits per heavy atom. The molecule has 2 fully saturated rings. The van der Waals surface area contributed by atoms with Gasteiger partial charge in [0, 0.05) is 0 Å². The van der Waals surface area contributed by atoms with Crippen molar-refractivity contribution in [1.29, 1.82) is 0 Å². The lowest BCUT2D eigenvalue weighted by Gasteiger charge is -2.42. The van der Waals surface area contributed by atoms with Crippen molar-refractivity contribution in [2.75, 3.05) is 0 Å². The zero-order valence-corrected chi connectivity index (χ0v) is 14.7. The van der Waals surface area contributed by atoms with Crippen LogP contribution in [0.5, 0.6) is 0 Å². The SMILES string of the molecule is CCC1(OP(=O)(O)OC2(C)CCCCC2C)CCCCC1. The van der Waals surface area contributed by atoms with Gasteiger partial charge in [-0.2, -0.15) is 0 Å². The lowest BCUT2D eigenvalue weighted by atomic mass is 9.78. The van der Waals surface area contributed by atoms with E-state index in [-0.39, 0.29) is 0 Å². The van der Waals surface area contributed by atoms with E-state index in [0.29, 0.717) is 5.92 Å². The summed E-state index contributed by atoms with van der Waals surface area (Å²) >= 11 is 0. The first-order chi connectivity index (χ1) is 9.81. The number of phosphoric acid groups is 1. The molecule has 4 nitrogen and oxygen atoms in total. The summed E-state index contributed by atoms with van der Waals surface area (Å²) in [6.45, 7) is 6.11. The molecular formula is C16H31O4P. The van der Waals surface area contributed by atoms with Gasteiger partial charge in [-0.3, -0.25) is 9.05 Å². The molecule has 1 N–H and O–H groups in total. The normalized spacial score (nSPS) is 36.1. The fraction of sp³-hybridized carbons (Fsp3) is 1.00. The molecule has 2 aliphatic carbocycles. The molecule has 0 amide bonds. The molecule has 3 atom stereocenters. The van der Waals surface area contributed by atoms with Crippen LogP contribution in [0, 0.1) is 5.92 Å². The van der Waals surface area contributed by atoms with Crippen LogP contribution in [-0.2, 0) is 13.6 Å². The van der Waals surface area contributed by atoms with E-state index in [1.54, 1.807) is 0 Å². The maximum atomic E-state index is 12.6. The van der Waals surface area contributed by atoms with Crippen LogP contribution in [0.3, 0.4) is 0 Å². The number of rotatable bonds is 5. The first kappa shape index (κ1) is 17.5. The first-order valence-corrected chi connectivity index (χ1v) is 10.0. The van der Waals surface area contributed by atoms with Crippen LogP contribution in [0.4, 0.5) is 0 Å². The Bertz CT molecular complexity index is 378. The van der Waals surface area contributed by atoms with Crippen molar-refractivity contribution in [3.05, 3.63) is 0 Å². The summed E-state index contributed by atoms with van der Waals surface area (Å²) in [6, 6.07) is 0. The average Bonchev–Trinajstić information content (AvgIpc) is 2.42. The van der Waals surface area contributed by atoms with Gasteiger partial charge in [-0.05, 0) is 44.9 Å². The van der Waals surface area contributed by atoms with E-state index in [2.05, 4.69) is 6.92 Å². The highest BCUT2D eigenvalue weighted by molar-refractivity contribution is 7.47. The Labute approximate surface area is 129 Å². The molecule has 0 spiro atoms. The topological polar surface area (TPSA) is 55.8 Å². The summed E-state index contributed by atoms with van der Waals surface area (Å²) in [7, 11) is -4.01. The lowest BCUT2D eigenvalue weighted by Crippen LogP contribution is -2.40. The molecule has 2 aliphatic rings. The fourth-order valence-corrected chi connectivity index (χ4v) is 5.48. The van der Waals surface area contributed by atoms with Crippen molar-refractivity contribution >= 4 is 7.82 Å². The molecule has 2 rings (SSSR count). The van der Waals surface area contributed by atoms with Crippen molar-refractivity contribution in [3.63, 3.8) is 0 Å². The Morgan fingerprint density at radius 2 is 1.71 bits per heavy atom. The van der Waals surface area contributed by atoms with Crippen molar-refractivity contribution in [2.24, 2.45) is 5.92 Å². The van der Waals surface area contributed by atoms with Gasteiger partial charge in [0.05, 0.1) is 11.2 Å². The zero-order valence-electron chi connectivity index (χ0n) is 13.8. The van der Waals surface area contributed by atoms with E-state index in [0.717, 1.165) is 51.4 Å². The number of hydrogen-bond acceptors (Lipinski definition) is 3. The second-order valence-corrected chi connectivity index (χ2v) is 8.51. The molecule has 0 aromatic rings. The number of phosphoric ester groups is 1. The maximum absolute atomic E-state index is 12.6. The third-order valence-corrected chi connectivity index (χ3v) is 6.91. The highest BCUT2D eigenvalue weighted by atomic mass is 31.2. The largest absolute Gasteiger partial charge is 0.473 e. The molecule has 3 unspecified atom stereocenters. The van der Waals surface area contributed by atoms with E-state index < -0.39 is 19.0 Å². The van der Waals surface area contributed by atoms with E-state index in [9.17, 15) is 9.46 Å². The van der Waals surface area contributed by atoms with E-state index in [1.165, 1.54) is 12.8 Å². The minimum Gasteiger partial charge on any atom is -0.302 e. The van der Waals surface area contributed by atoms with Gasteiger partial charge in [-0.25, -0.2) is 4.57 Å². The summed E-state index contributed by atoms with van der Waals surface area (Å²) < 4.78 is 24.0. The predicted octanol–water partition coefficient (Wildman–Crippen LogP) is 5.20. The van der Waals surface area contributed by atoms with Crippen molar-refractivity contribution in [3.8, 4) is 0 Å². The number of hydrogen-bond donors (Lipinski definition) is 1. The highest BCUT2D eigenvalue weighted by Crippen LogP contribution is 2.57. The summed E-state index contributed by atoms with van der Waals surface area (Å²) in [4.78, 5) is 10.3. The molecule has 124 valence electrons. The Hall–Kier alpha value is 0.110. The monoisotopic (exact) mass is 318 g/mol. The zero-order chi connectivity index (χ0) is 15.6. The Balaban J connectivity index is 2.05. The minimum absolute atomic E-state index is 0.291. The molecule has 21 heavy (non-hydrogen) atoms. The molecule has 5 heteroatoms. The standard InChI is InChI=1S/C16H31O4P/c1-4-16(12-7-5-8-13-16)20-21(17,18)19-15(3)11-9-6-10-14(15)2/h14H,4-13H2,1-3H3,(H,17,18). The summed E-state index contributed by atoms with van der Waals surface area (Å²) in [5.74, 6) is 0.291. The van der Waals surface area contributed by atoms with Gasteiger partial charge in [0.25, 0.3) is 0 Å². The van der Waals surface area contributed by atoms with Crippen molar-refractivity contribution in [1.82, 2.24) is 0 Å². The van der Waals surface area contributed by atoms with Gasteiger partial charge < -0.3 is 4.89 Å². The highest BCUT2D eigenvalue weighted by Gasteiger charge is 2.45. The third-order valence-electron chi connectivity index (χ3n) is 5.64. The third kappa shape index (κ3) is 4.31. The predicted molar refractivity (Wildman–Crippen MR) is 84.1 cm³/mol. The van der Waals surface area contributed by atoms with Crippen LogP contribution < -0.4 is 0 Å². The molecule has 0 heterocycles. The molecular weight excluding hydrogens is 287 g/mol. The van der Waals surface area contributed by atoms with Crippen molar-refractivity contribution in [2.45, 2.75) is 96.2 Å².